The van der Waals surface area contributed by atoms with Crippen molar-refractivity contribution in [3.8, 4) is 0 Å². The van der Waals surface area contributed by atoms with Crippen LogP contribution in [-0.2, 0) is 9.47 Å². The van der Waals surface area contributed by atoms with Gasteiger partial charge in [-0.3, -0.25) is 4.90 Å². The Morgan fingerprint density at radius 1 is 1.22 bits per heavy atom. The quantitative estimate of drug-likeness (QED) is 0.759. The molecule has 0 aliphatic carbocycles. The Labute approximate surface area is 158 Å². The Morgan fingerprint density at radius 3 is 2.81 bits per heavy atom. The number of ether oxygens (including phenoxy) is 2. The number of nitrogens with zero attached hydrogens (tertiary/aromatic N) is 4. The minimum Gasteiger partial charge on any atom is -0.444 e. The van der Waals surface area contributed by atoms with Crippen LogP contribution in [0.25, 0.3) is 11.0 Å². The summed E-state index contributed by atoms with van der Waals surface area (Å²) in [6.45, 7) is 11.2. The van der Waals surface area contributed by atoms with E-state index in [2.05, 4.69) is 15.2 Å². The molecule has 146 valence electrons. The largest absolute Gasteiger partial charge is 0.444 e. The summed E-state index contributed by atoms with van der Waals surface area (Å²) in [5.41, 5.74) is 3.23. The van der Waals surface area contributed by atoms with Crippen LogP contribution in [-0.4, -0.2) is 70.6 Å². The summed E-state index contributed by atoms with van der Waals surface area (Å²) in [7, 11) is 0. The molecule has 8 nitrogen and oxygen atoms in total. The van der Waals surface area contributed by atoms with Gasteiger partial charge in [0.2, 0.25) is 0 Å². The standard InChI is InChI=1S/C19H26N4O4/c1-12-14(5-6-15-17(12)21-27-20-15)16-10-22-7-8-23(9-13(22)11-25-16)18(24)26-19(2,3)4/h5-6,13,16H,7-11H2,1-4H3. The van der Waals surface area contributed by atoms with Crippen molar-refractivity contribution in [2.75, 3.05) is 32.8 Å². The van der Waals surface area contributed by atoms with E-state index in [0.29, 0.717) is 19.7 Å². The molecule has 1 amide bonds. The van der Waals surface area contributed by atoms with E-state index in [9.17, 15) is 4.79 Å². The Balaban J connectivity index is 1.43. The second-order valence-corrected chi connectivity index (χ2v) is 8.31. The van der Waals surface area contributed by atoms with Crippen molar-refractivity contribution in [2.45, 2.75) is 45.4 Å². The highest BCUT2D eigenvalue weighted by atomic mass is 16.6. The van der Waals surface area contributed by atoms with Crippen molar-refractivity contribution in [1.29, 1.82) is 0 Å². The monoisotopic (exact) mass is 374 g/mol. The molecule has 3 heterocycles. The molecule has 0 saturated carbocycles. The molecule has 1 aromatic carbocycles. The van der Waals surface area contributed by atoms with E-state index >= 15 is 0 Å². The van der Waals surface area contributed by atoms with Crippen molar-refractivity contribution in [2.24, 2.45) is 0 Å². The molecule has 2 aliphatic rings. The maximum absolute atomic E-state index is 12.3. The third kappa shape index (κ3) is 3.64. The first-order valence-corrected chi connectivity index (χ1v) is 9.37. The third-order valence-electron chi connectivity index (χ3n) is 5.22. The van der Waals surface area contributed by atoms with E-state index in [1.165, 1.54) is 0 Å². The van der Waals surface area contributed by atoms with Gasteiger partial charge in [0, 0.05) is 26.2 Å². The predicted octanol–water partition coefficient (Wildman–Crippen LogP) is 2.52. The Kier molecular flexibility index (Phi) is 4.55. The summed E-state index contributed by atoms with van der Waals surface area (Å²) in [5, 5.41) is 7.90. The number of carbonyl (C=O) groups is 1. The van der Waals surface area contributed by atoms with Gasteiger partial charge in [-0.15, -0.1) is 0 Å². The van der Waals surface area contributed by atoms with Gasteiger partial charge in [0.15, 0.2) is 0 Å². The lowest BCUT2D eigenvalue weighted by atomic mass is 9.99. The number of morpholine rings is 1. The minimum absolute atomic E-state index is 0.0181. The maximum Gasteiger partial charge on any atom is 0.410 e. The Hall–Kier alpha value is -2.19. The lowest BCUT2D eigenvalue weighted by Crippen LogP contribution is -2.60. The molecular weight excluding hydrogens is 348 g/mol. The van der Waals surface area contributed by atoms with Crippen LogP contribution < -0.4 is 0 Å². The molecule has 2 aliphatic heterocycles. The number of hydrogen-bond donors (Lipinski definition) is 0. The first kappa shape index (κ1) is 18.2. The molecule has 2 fully saturated rings. The number of rotatable bonds is 1. The average molecular weight is 374 g/mol. The normalized spacial score (nSPS) is 24.1. The summed E-state index contributed by atoms with van der Waals surface area (Å²) >= 11 is 0. The van der Waals surface area contributed by atoms with Gasteiger partial charge >= 0.3 is 6.09 Å². The first-order chi connectivity index (χ1) is 12.8. The van der Waals surface area contributed by atoms with Gasteiger partial charge < -0.3 is 14.4 Å². The fraction of sp³-hybridized carbons (Fsp3) is 0.632. The minimum atomic E-state index is -0.478. The van der Waals surface area contributed by atoms with E-state index in [4.69, 9.17) is 14.1 Å². The highest BCUT2D eigenvalue weighted by Crippen LogP contribution is 2.31. The van der Waals surface area contributed by atoms with Gasteiger partial charge in [-0.2, -0.15) is 0 Å². The number of hydrogen-bond acceptors (Lipinski definition) is 7. The smallest absolute Gasteiger partial charge is 0.410 e. The number of benzene rings is 1. The lowest BCUT2D eigenvalue weighted by molar-refractivity contribution is -0.0907. The van der Waals surface area contributed by atoms with Crippen LogP contribution in [0.5, 0.6) is 0 Å². The van der Waals surface area contributed by atoms with Crippen molar-refractivity contribution >= 4 is 17.1 Å². The molecular formula is C19H26N4O4. The maximum atomic E-state index is 12.3. The molecule has 8 heteroatoms. The Bertz CT molecular complexity index is 844. The topological polar surface area (TPSA) is 80.9 Å². The highest BCUT2D eigenvalue weighted by Gasteiger charge is 2.37. The average Bonchev–Trinajstić information content (AvgIpc) is 3.09. The number of amides is 1. The summed E-state index contributed by atoms with van der Waals surface area (Å²) in [6, 6.07) is 4.16. The number of aryl methyl sites for hydroxylation is 1. The van der Waals surface area contributed by atoms with Gasteiger partial charge in [-0.1, -0.05) is 6.07 Å². The van der Waals surface area contributed by atoms with Crippen molar-refractivity contribution < 1.29 is 18.9 Å². The number of piperazine rings is 1. The SMILES string of the molecule is Cc1c(C2CN3CCN(C(=O)OC(C)(C)C)CC3CO2)ccc2nonc12. The van der Waals surface area contributed by atoms with Crippen LogP contribution in [0.4, 0.5) is 4.79 Å². The van der Waals surface area contributed by atoms with Gasteiger partial charge in [0.25, 0.3) is 0 Å². The van der Waals surface area contributed by atoms with E-state index in [1.54, 1.807) is 4.90 Å². The molecule has 2 unspecified atom stereocenters. The van der Waals surface area contributed by atoms with E-state index in [0.717, 1.165) is 35.2 Å². The van der Waals surface area contributed by atoms with Crippen molar-refractivity contribution in [3.05, 3.63) is 23.3 Å². The zero-order valence-electron chi connectivity index (χ0n) is 16.3. The first-order valence-electron chi connectivity index (χ1n) is 9.37. The molecule has 2 atom stereocenters. The zero-order valence-corrected chi connectivity index (χ0v) is 16.3. The van der Waals surface area contributed by atoms with Crippen LogP contribution >= 0.6 is 0 Å². The number of fused-ring (bicyclic) bond motifs is 2. The molecule has 2 aromatic rings. The second kappa shape index (κ2) is 6.76. The molecule has 1 aromatic heterocycles. The van der Waals surface area contributed by atoms with Gasteiger partial charge in [0.05, 0.1) is 18.8 Å². The molecule has 0 spiro atoms. The third-order valence-corrected chi connectivity index (χ3v) is 5.22. The highest BCUT2D eigenvalue weighted by molar-refractivity contribution is 5.78. The van der Waals surface area contributed by atoms with Gasteiger partial charge in [-0.25, -0.2) is 9.42 Å². The zero-order chi connectivity index (χ0) is 19.2. The Morgan fingerprint density at radius 2 is 2.04 bits per heavy atom. The van der Waals surface area contributed by atoms with Crippen molar-refractivity contribution in [3.63, 3.8) is 0 Å². The predicted molar refractivity (Wildman–Crippen MR) is 98.4 cm³/mol. The number of aromatic nitrogens is 2. The van der Waals surface area contributed by atoms with Gasteiger partial charge in [-0.05, 0) is 55.2 Å². The molecule has 2 saturated heterocycles. The summed E-state index contributed by atoms with van der Waals surface area (Å²) in [5.74, 6) is 0. The lowest BCUT2D eigenvalue weighted by Gasteiger charge is -2.46. The van der Waals surface area contributed by atoms with Crippen LogP contribution in [0.2, 0.25) is 0 Å². The van der Waals surface area contributed by atoms with E-state index < -0.39 is 5.60 Å². The van der Waals surface area contributed by atoms with Gasteiger partial charge in [0.1, 0.15) is 16.6 Å². The fourth-order valence-electron chi connectivity index (χ4n) is 3.81. The number of carbonyl (C=O) groups excluding carboxylic acids is 1. The molecule has 0 radical (unpaired) electrons. The molecule has 0 bridgehead atoms. The molecule has 27 heavy (non-hydrogen) atoms. The van der Waals surface area contributed by atoms with E-state index in [1.807, 2.05) is 39.8 Å². The summed E-state index contributed by atoms with van der Waals surface area (Å²) in [4.78, 5) is 16.5. The van der Waals surface area contributed by atoms with Crippen molar-refractivity contribution in [1.82, 2.24) is 20.1 Å². The summed E-state index contributed by atoms with van der Waals surface area (Å²) in [6.07, 6.45) is -0.264. The van der Waals surface area contributed by atoms with Crippen LogP contribution in [0.15, 0.2) is 16.8 Å². The fourth-order valence-corrected chi connectivity index (χ4v) is 3.81. The molecule has 0 N–H and O–H groups in total. The summed E-state index contributed by atoms with van der Waals surface area (Å²) < 4.78 is 16.5. The second-order valence-electron chi connectivity index (χ2n) is 8.31. The van der Waals surface area contributed by atoms with Crippen LogP contribution in [0, 0.1) is 6.92 Å². The van der Waals surface area contributed by atoms with E-state index in [-0.39, 0.29) is 18.2 Å². The molecule has 4 rings (SSSR count). The van der Waals surface area contributed by atoms with Crippen LogP contribution in [0.3, 0.4) is 0 Å². The van der Waals surface area contributed by atoms with Crippen LogP contribution in [0.1, 0.15) is 38.0 Å².